The van der Waals surface area contributed by atoms with Gasteiger partial charge in [0.25, 0.3) is 15.9 Å². The van der Waals surface area contributed by atoms with Gasteiger partial charge in [0.2, 0.25) is 0 Å². The molecular weight excluding hydrogens is 328 g/mol. The minimum absolute atomic E-state index is 0.0439. The monoisotopic (exact) mass is 346 g/mol. The summed E-state index contributed by atoms with van der Waals surface area (Å²) in [5.74, 6) is 0.270. The number of hydrogen-bond donors (Lipinski definition) is 1. The number of benzene rings is 2. The van der Waals surface area contributed by atoms with Crippen LogP contribution in [0.2, 0.25) is 0 Å². The number of amides is 1. The van der Waals surface area contributed by atoms with E-state index in [1.165, 1.54) is 17.0 Å². The molecule has 0 unspecified atom stereocenters. The van der Waals surface area contributed by atoms with Crippen molar-refractivity contribution >= 4 is 27.3 Å². The van der Waals surface area contributed by atoms with Crippen LogP contribution in [-0.2, 0) is 21.2 Å². The van der Waals surface area contributed by atoms with Gasteiger partial charge in [0.15, 0.2) is 6.61 Å². The molecule has 0 saturated heterocycles. The smallest absolute Gasteiger partial charge is 0.264 e. The lowest BCUT2D eigenvalue weighted by Crippen LogP contribution is -2.35. The third-order valence-electron chi connectivity index (χ3n) is 3.97. The Hall–Kier alpha value is -2.54. The van der Waals surface area contributed by atoms with E-state index in [1.807, 2.05) is 19.1 Å². The van der Waals surface area contributed by atoms with E-state index < -0.39 is 10.0 Å². The van der Waals surface area contributed by atoms with E-state index in [1.54, 1.807) is 25.2 Å². The number of para-hydroxylation sites is 1. The van der Waals surface area contributed by atoms with Gasteiger partial charge in [0, 0.05) is 7.05 Å². The number of hydrogen-bond acceptors (Lipinski definition) is 4. The summed E-state index contributed by atoms with van der Waals surface area (Å²) in [6.45, 7) is 1.92. The van der Waals surface area contributed by atoms with Gasteiger partial charge in [-0.05, 0) is 36.2 Å². The molecule has 3 rings (SSSR count). The molecule has 1 heterocycles. The molecule has 0 aliphatic carbocycles. The number of ether oxygens (including phenoxy) is 1. The molecule has 0 saturated carbocycles. The van der Waals surface area contributed by atoms with Gasteiger partial charge in [-0.1, -0.05) is 25.1 Å². The molecule has 0 aromatic heterocycles. The first-order valence-corrected chi connectivity index (χ1v) is 9.05. The van der Waals surface area contributed by atoms with Crippen molar-refractivity contribution in [2.45, 2.75) is 18.2 Å². The van der Waals surface area contributed by atoms with Gasteiger partial charge >= 0.3 is 0 Å². The molecule has 0 fully saturated rings. The number of fused-ring (bicyclic) bond motifs is 1. The summed E-state index contributed by atoms with van der Waals surface area (Å²) >= 11 is 0. The minimum atomic E-state index is -3.76. The van der Waals surface area contributed by atoms with Crippen molar-refractivity contribution in [1.29, 1.82) is 0 Å². The molecule has 126 valence electrons. The van der Waals surface area contributed by atoms with E-state index in [9.17, 15) is 13.2 Å². The van der Waals surface area contributed by atoms with Gasteiger partial charge < -0.3 is 9.64 Å². The van der Waals surface area contributed by atoms with Gasteiger partial charge in [-0.2, -0.15) is 0 Å². The van der Waals surface area contributed by atoms with Crippen molar-refractivity contribution in [1.82, 2.24) is 0 Å². The Morgan fingerprint density at radius 1 is 1.21 bits per heavy atom. The van der Waals surface area contributed by atoms with Gasteiger partial charge in [-0.25, -0.2) is 8.42 Å². The van der Waals surface area contributed by atoms with Crippen LogP contribution in [-0.4, -0.2) is 28.0 Å². The maximum Gasteiger partial charge on any atom is 0.264 e. The molecule has 2 aromatic carbocycles. The van der Waals surface area contributed by atoms with Crippen LogP contribution in [0, 0.1) is 0 Å². The van der Waals surface area contributed by atoms with E-state index in [0.29, 0.717) is 23.5 Å². The minimum Gasteiger partial charge on any atom is -0.482 e. The van der Waals surface area contributed by atoms with Crippen molar-refractivity contribution in [3.63, 3.8) is 0 Å². The summed E-state index contributed by atoms with van der Waals surface area (Å²) in [5.41, 5.74) is 1.91. The van der Waals surface area contributed by atoms with Crippen molar-refractivity contribution < 1.29 is 17.9 Å². The second-order valence-electron chi connectivity index (χ2n) is 5.49. The summed E-state index contributed by atoms with van der Waals surface area (Å²) in [5, 5.41) is 0. The Labute approximate surface area is 141 Å². The van der Waals surface area contributed by atoms with E-state index in [-0.39, 0.29) is 17.4 Å². The van der Waals surface area contributed by atoms with E-state index >= 15 is 0 Å². The highest BCUT2D eigenvalue weighted by atomic mass is 32.2. The first kappa shape index (κ1) is 16.3. The van der Waals surface area contributed by atoms with Crippen molar-refractivity contribution in [2.24, 2.45) is 0 Å². The number of rotatable bonds is 4. The van der Waals surface area contributed by atoms with Gasteiger partial charge in [0.1, 0.15) is 5.75 Å². The quantitative estimate of drug-likeness (QED) is 0.922. The molecule has 0 spiro atoms. The molecule has 1 aliphatic heterocycles. The van der Waals surface area contributed by atoms with E-state index in [0.717, 1.165) is 5.56 Å². The standard InChI is InChI=1S/C17H18N2O4S/c1-3-12-6-4-5-7-14(12)18-24(21,22)13-8-9-16-15(10-13)19(2)17(20)11-23-16/h4-10,18H,3,11H2,1-2H3. The maximum absolute atomic E-state index is 12.7. The molecule has 1 amide bonds. The lowest BCUT2D eigenvalue weighted by atomic mass is 10.1. The molecule has 24 heavy (non-hydrogen) atoms. The van der Waals surface area contributed by atoms with Gasteiger partial charge in [-0.3, -0.25) is 9.52 Å². The zero-order valence-electron chi connectivity index (χ0n) is 13.4. The molecule has 7 heteroatoms. The Bertz CT molecular complexity index is 893. The molecule has 1 N–H and O–H groups in total. The average molecular weight is 346 g/mol. The summed E-state index contributed by atoms with van der Waals surface area (Å²) in [6, 6.07) is 11.7. The lowest BCUT2D eigenvalue weighted by Gasteiger charge is -2.26. The fraction of sp³-hybridized carbons (Fsp3) is 0.235. The molecule has 0 atom stereocenters. The van der Waals surface area contributed by atoms with Crippen LogP contribution in [0.3, 0.4) is 0 Å². The van der Waals surface area contributed by atoms with Crippen molar-refractivity contribution in [2.75, 3.05) is 23.3 Å². The topological polar surface area (TPSA) is 75.7 Å². The number of sulfonamides is 1. The third kappa shape index (κ3) is 2.94. The van der Waals surface area contributed by atoms with E-state index in [4.69, 9.17) is 4.74 Å². The number of nitrogens with zero attached hydrogens (tertiary/aromatic N) is 1. The summed E-state index contributed by atoms with van der Waals surface area (Å²) < 4.78 is 33.3. The number of carbonyl (C=O) groups is 1. The summed E-state index contributed by atoms with van der Waals surface area (Å²) in [7, 11) is -2.17. The predicted molar refractivity (Wildman–Crippen MR) is 92.0 cm³/mol. The average Bonchev–Trinajstić information content (AvgIpc) is 2.58. The molecule has 2 aromatic rings. The van der Waals surface area contributed by atoms with Crippen LogP contribution in [0.5, 0.6) is 5.75 Å². The third-order valence-corrected chi connectivity index (χ3v) is 5.33. The Morgan fingerprint density at radius 2 is 1.96 bits per heavy atom. The normalized spacial score (nSPS) is 14.1. The zero-order chi connectivity index (χ0) is 17.3. The van der Waals surface area contributed by atoms with Crippen molar-refractivity contribution in [3.8, 4) is 5.75 Å². The van der Waals surface area contributed by atoms with Crippen LogP contribution < -0.4 is 14.4 Å². The second-order valence-corrected chi connectivity index (χ2v) is 7.17. The SMILES string of the molecule is CCc1ccccc1NS(=O)(=O)c1ccc2c(c1)N(C)C(=O)CO2. The fourth-order valence-corrected chi connectivity index (χ4v) is 3.67. The highest BCUT2D eigenvalue weighted by molar-refractivity contribution is 7.92. The highest BCUT2D eigenvalue weighted by Crippen LogP contribution is 2.33. The first-order valence-electron chi connectivity index (χ1n) is 7.56. The lowest BCUT2D eigenvalue weighted by molar-refractivity contribution is -0.120. The number of likely N-dealkylation sites (N-methyl/N-ethyl adjacent to an activating group) is 1. The maximum atomic E-state index is 12.7. The summed E-state index contributed by atoms with van der Waals surface area (Å²) in [6.07, 6.45) is 0.716. The van der Waals surface area contributed by atoms with Crippen LogP contribution in [0.15, 0.2) is 47.4 Å². The largest absolute Gasteiger partial charge is 0.482 e. The van der Waals surface area contributed by atoms with Crippen LogP contribution in [0.1, 0.15) is 12.5 Å². The molecule has 1 aliphatic rings. The van der Waals surface area contributed by atoms with Crippen LogP contribution >= 0.6 is 0 Å². The van der Waals surface area contributed by atoms with Gasteiger partial charge in [0.05, 0.1) is 16.3 Å². The number of nitrogens with one attached hydrogen (secondary N) is 1. The Balaban J connectivity index is 1.97. The number of carbonyl (C=O) groups excluding carboxylic acids is 1. The zero-order valence-corrected chi connectivity index (χ0v) is 14.3. The summed E-state index contributed by atoms with van der Waals surface area (Å²) in [4.78, 5) is 13.2. The number of aryl methyl sites for hydroxylation is 1. The predicted octanol–water partition coefficient (Wildman–Crippen LogP) is 2.41. The second kappa shape index (κ2) is 6.16. The Kier molecular flexibility index (Phi) is 4.19. The number of anilines is 2. The van der Waals surface area contributed by atoms with Crippen LogP contribution in [0.25, 0.3) is 0 Å². The molecule has 6 nitrogen and oxygen atoms in total. The molecule has 0 radical (unpaired) electrons. The first-order chi connectivity index (χ1) is 11.4. The fourth-order valence-electron chi connectivity index (χ4n) is 2.55. The van der Waals surface area contributed by atoms with Gasteiger partial charge in [-0.15, -0.1) is 0 Å². The highest BCUT2D eigenvalue weighted by Gasteiger charge is 2.25. The van der Waals surface area contributed by atoms with E-state index in [2.05, 4.69) is 4.72 Å². The Morgan fingerprint density at radius 3 is 2.71 bits per heavy atom. The van der Waals surface area contributed by atoms with Crippen LogP contribution in [0.4, 0.5) is 11.4 Å². The molecular formula is C17H18N2O4S. The van der Waals surface area contributed by atoms with Crippen molar-refractivity contribution in [3.05, 3.63) is 48.0 Å². The molecule has 0 bridgehead atoms.